The van der Waals surface area contributed by atoms with Crippen LogP contribution in [-0.2, 0) is 14.2 Å². The van der Waals surface area contributed by atoms with E-state index in [1.807, 2.05) is 30.3 Å². The molecule has 0 radical (unpaired) electrons. The van der Waals surface area contributed by atoms with E-state index >= 15 is 0 Å². The van der Waals surface area contributed by atoms with Gasteiger partial charge in [0.1, 0.15) is 16.8 Å². The second-order valence-corrected chi connectivity index (χ2v) is 5.86. The lowest BCUT2D eigenvalue weighted by molar-refractivity contribution is 0.0494. The van der Waals surface area contributed by atoms with Crippen LogP contribution in [0.25, 0.3) is 16.3 Å². The summed E-state index contributed by atoms with van der Waals surface area (Å²) in [6.45, 7) is 3.56. The van der Waals surface area contributed by atoms with Gasteiger partial charge in [-0.1, -0.05) is 24.3 Å². The summed E-state index contributed by atoms with van der Waals surface area (Å²) >= 11 is 0. The maximum Gasteiger partial charge on any atom is 0.356 e. The number of pyridine rings is 1. The van der Waals surface area contributed by atoms with E-state index in [2.05, 4.69) is 0 Å². The van der Waals surface area contributed by atoms with E-state index in [1.54, 1.807) is 18.2 Å². The topological polar surface area (TPSA) is 83.3 Å². The minimum absolute atomic E-state index is 0.0210. The molecule has 0 unspecified atom stereocenters. The Hall–Kier alpha value is -3.35. The molecule has 0 N–H and O–H groups in total. The molecule has 0 bridgehead atoms. The second-order valence-electron chi connectivity index (χ2n) is 5.86. The van der Waals surface area contributed by atoms with Crippen LogP contribution in [0.3, 0.4) is 0 Å². The van der Waals surface area contributed by atoms with Gasteiger partial charge in [0.15, 0.2) is 0 Å². The number of rotatable bonds is 4. The van der Waals surface area contributed by atoms with Crippen molar-refractivity contribution in [1.29, 1.82) is 0 Å². The summed E-state index contributed by atoms with van der Waals surface area (Å²) in [5.74, 6) is -2.27. The Balaban J connectivity index is 2.62. The molecule has 0 fully saturated rings. The summed E-state index contributed by atoms with van der Waals surface area (Å²) < 4.78 is 16.5. The normalized spacial score (nSPS) is 10.8. The third kappa shape index (κ3) is 2.81. The molecule has 0 amide bonds. The average molecular weight is 369 g/mol. The number of hydrogen-bond acceptors (Lipinski definition) is 6. The number of fused-ring (bicyclic) bond motifs is 3. The largest absolute Gasteiger partial charge is 0.465 e. The number of benzene rings is 1. The minimum atomic E-state index is -0.814. The third-order valence-electron chi connectivity index (χ3n) is 4.35. The molecule has 7 nitrogen and oxygen atoms in total. The van der Waals surface area contributed by atoms with Gasteiger partial charge in [-0.15, -0.1) is 0 Å². The summed E-state index contributed by atoms with van der Waals surface area (Å²) in [7, 11) is 2.40. The van der Waals surface area contributed by atoms with Crippen LogP contribution >= 0.6 is 0 Å². The van der Waals surface area contributed by atoms with Gasteiger partial charge in [-0.3, -0.25) is 0 Å². The van der Waals surface area contributed by atoms with Crippen molar-refractivity contribution in [2.45, 2.75) is 13.8 Å². The van der Waals surface area contributed by atoms with Crippen molar-refractivity contribution in [2.75, 3.05) is 20.8 Å². The Morgan fingerprint density at radius 3 is 2.22 bits per heavy atom. The van der Waals surface area contributed by atoms with Gasteiger partial charge >= 0.3 is 17.9 Å². The van der Waals surface area contributed by atoms with Crippen molar-refractivity contribution < 1.29 is 28.6 Å². The number of methoxy groups -OCH3 is 2. The van der Waals surface area contributed by atoms with Crippen LogP contribution in [0.4, 0.5) is 0 Å². The molecule has 140 valence electrons. The lowest BCUT2D eigenvalue weighted by atomic mass is 10.1. The highest BCUT2D eigenvalue weighted by Crippen LogP contribution is 2.33. The van der Waals surface area contributed by atoms with Crippen LogP contribution in [0.1, 0.15) is 43.8 Å². The zero-order chi connectivity index (χ0) is 19.7. The highest BCUT2D eigenvalue weighted by molar-refractivity contribution is 6.19. The Labute approximate surface area is 155 Å². The fourth-order valence-electron chi connectivity index (χ4n) is 3.30. The highest BCUT2D eigenvalue weighted by Gasteiger charge is 2.34. The van der Waals surface area contributed by atoms with E-state index in [4.69, 9.17) is 14.2 Å². The predicted molar refractivity (Wildman–Crippen MR) is 98.3 cm³/mol. The van der Waals surface area contributed by atoms with Crippen LogP contribution in [0.2, 0.25) is 0 Å². The van der Waals surface area contributed by atoms with Crippen molar-refractivity contribution >= 4 is 34.2 Å². The molecule has 27 heavy (non-hydrogen) atoms. The van der Waals surface area contributed by atoms with Crippen molar-refractivity contribution in [2.24, 2.45) is 0 Å². The highest BCUT2D eigenvalue weighted by atomic mass is 16.5. The van der Waals surface area contributed by atoms with E-state index in [-0.39, 0.29) is 23.4 Å². The fourth-order valence-corrected chi connectivity index (χ4v) is 3.30. The average Bonchev–Trinajstić information content (AvgIpc) is 3.04. The zero-order valence-corrected chi connectivity index (χ0v) is 15.5. The molecule has 3 rings (SSSR count). The maximum atomic E-state index is 12.7. The molecule has 0 atom stereocenters. The van der Waals surface area contributed by atoms with Gasteiger partial charge < -0.3 is 18.6 Å². The van der Waals surface area contributed by atoms with E-state index in [0.29, 0.717) is 16.6 Å². The minimum Gasteiger partial charge on any atom is -0.465 e. The van der Waals surface area contributed by atoms with E-state index in [1.165, 1.54) is 14.2 Å². The number of carbonyl (C=O) groups is 3. The molecule has 0 aliphatic heterocycles. The first-order chi connectivity index (χ1) is 13.0. The van der Waals surface area contributed by atoms with Crippen LogP contribution in [0.5, 0.6) is 0 Å². The van der Waals surface area contributed by atoms with Gasteiger partial charge in [0.2, 0.25) is 0 Å². The second kappa shape index (κ2) is 7.11. The number of aryl methyl sites for hydroxylation is 1. The van der Waals surface area contributed by atoms with E-state index in [0.717, 1.165) is 5.39 Å². The van der Waals surface area contributed by atoms with E-state index < -0.39 is 17.9 Å². The molecule has 0 saturated carbocycles. The van der Waals surface area contributed by atoms with Gasteiger partial charge in [-0.05, 0) is 25.3 Å². The summed E-state index contributed by atoms with van der Waals surface area (Å²) in [6, 6.07) is 9.25. The first-order valence-electron chi connectivity index (χ1n) is 8.36. The van der Waals surface area contributed by atoms with Gasteiger partial charge in [-0.2, -0.15) is 0 Å². The molecule has 3 aromatic rings. The number of esters is 3. The number of carbonyl (C=O) groups excluding carboxylic acids is 3. The summed E-state index contributed by atoms with van der Waals surface area (Å²) in [6.07, 6.45) is 0. The molecular weight excluding hydrogens is 350 g/mol. The Morgan fingerprint density at radius 1 is 0.963 bits per heavy atom. The Morgan fingerprint density at radius 2 is 1.59 bits per heavy atom. The third-order valence-corrected chi connectivity index (χ3v) is 4.35. The van der Waals surface area contributed by atoms with Crippen LogP contribution in [-0.4, -0.2) is 43.1 Å². The Kier molecular flexibility index (Phi) is 4.85. The first-order valence-corrected chi connectivity index (χ1v) is 8.36. The molecule has 0 aliphatic rings. The molecular formula is C20H19NO6. The van der Waals surface area contributed by atoms with Crippen molar-refractivity contribution in [3.8, 4) is 0 Å². The lowest BCUT2D eigenvalue weighted by Gasteiger charge is -2.10. The quantitative estimate of drug-likeness (QED) is 0.519. The van der Waals surface area contributed by atoms with Crippen LogP contribution in [0.15, 0.2) is 30.3 Å². The smallest absolute Gasteiger partial charge is 0.356 e. The molecule has 1 aromatic carbocycles. The number of nitrogens with zero attached hydrogens (tertiary/aromatic N) is 1. The standard InChI is InChI=1S/C20H19NO6/c1-5-27-20(24)17-15(19(23)26-4)14(18(22)25-3)16-13-9-7-6-8-12(13)10-11(2)21(16)17/h6-10H,5H2,1-4H3. The lowest BCUT2D eigenvalue weighted by Crippen LogP contribution is -2.16. The molecule has 0 aliphatic carbocycles. The molecule has 0 spiro atoms. The molecule has 0 saturated heterocycles. The number of aromatic nitrogens is 1. The zero-order valence-electron chi connectivity index (χ0n) is 15.5. The van der Waals surface area contributed by atoms with Gasteiger partial charge in [-0.25, -0.2) is 14.4 Å². The predicted octanol–water partition coefficient (Wildman–Crippen LogP) is 3.15. The SMILES string of the molecule is CCOC(=O)c1c(C(=O)OC)c(C(=O)OC)c2c3ccccc3cc(C)n12. The number of ether oxygens (including phenoxy) is 3. The van der Waals surface area contributed by atoms with E-state index in [9.17, 15) is 14.4 Å². The number of hydrogen-bond donors (Lipinski definition) is 0. The van der Waals surface area contributed by atoms with Gasteiger partial charge in [0, 0.05) is 11.1 Å². The molecule has 7 heteroatoms. The van der Waals surface area contributed by atoms with Crippen molar-refractivity contribution in [3.05, 3.63) is 52.8 Å². The summed E-state index contributed by atoms with van der Waals surface area (Å²) in [4.78, 5) is 37.9. The summed E-state index contributed by atoms with van der Waals surface area (Å²) in [5, 5.41) is 1.56. The molecule has 2 aromatic heterocycles. The van der Waals surface area contributed by atoms with Crippen LogP contribution < -0.4 is 0 Å². The first kappa shape index (κ1) is 18.4. The molecule has 2 heterocycles. The fraction of sp³-hybridized carbons (Fsp3) is 0.250. The monoisotopic (exact) mass is 369 g/mol. The summed E-state index contributed by atoms with van der Waals surface area (Å²) in [5.41, 5.74) is 0.824. The maximum absolute atomic E-state index is 12.7. The van der Waals surface area contributed by atoms with Crippen molar-refractivity contribution in [3.63, 3.8) is 0 Å². The van der Waals surface area contributed by atoms with Crippen LogP contribution in [0, 0.1) is 6.92 Å². The Bertz CT molecular complexity index is 1080. The van der Waals surface area contributed by atoms with Crippen molar-refractivity contribution in [1.82, 2.24) is 4.40 Å². The van der Waals surface area contributed by atoms with Gasteiger partial charge in [0.25, 0.3) is 0 Å². The van der Waals surface area contributed by atoms with Gasteiger partial charge in [0.05, 0.1) is 26.3 Å².